The molecular weight excluding hydrogens is 639 g/mol. The lowest BCUT2D eigenvalue weighted by molar-refractivity contribution is -0.00964. The Balaban J connectivity index is 1.43. The Morgan fingerprint density at radius 2 is 1.76 bits per heavy atom. The van der Waals surface area contributed by atoms with Gasteiger partial charge in [-0.3, -0.25) is 0 Å². The smallest absolute Gasteiger partial charge is 0.410 e. The molecule has 4 heterocycles. The van der Waals surface area contributed by atoms with E-state index in [0.717, 1.165) is 23.8 Å². The fraction of sp³-hybridized carbons (Fsp3) is 0.528. The number of carbonyl (C=O) groups is 2. The molecule has 0 bridgehead atoms. The van der Waals surface area contributed by atoms with Crippen LogP contribution in [0.15, 0.2) is 54.7 Å². The average Bonchev–Trinajstić information content (AvgIpc) is 3.63. The predicted octanol–water partition coefficient (Wildman–Crippen LogP) is 5.65. The van der Waals surface area contributed by atoms with E-state index in [4.69, 9.17) is 14.5 Å². The molecule has 1 N–H and O–H groups in total. The number of halogens is 3. The molecule has 10 nitrogen and oxygen atoms in total. The Labute approximate surface area is 284 Å². The van der Waals surface area contributed by atoms with E-state index >= 15 is 8.78 Å². The van der Waals surface area contributed by atoms with E-state index in [-0.39, 0.29) is 49.9 Å². The van der Waals surface area contributed by atoms with Crippen molar-refractivity contribution in [3.05, 3.63) is 77.8 Å². The number of amides is 3. The van der Waals surface area contributed by atoms with E-state index < -0.39 is 53.6 Å². The minimum Gasteiger partial charge on any atom is -0.444 e. The summed E-state index contributed by atoms with van der Waals surface area (Å²) < 4.78 is 58.5. The molecule has 0 unspecified atom stereocenters. The highest BCUT2D eigenvalue weighted by Gasteiger charge is 2.45. The maximum Gasteiger partial charge on any atom is 0.410 e. The number of aliphatic hydroxyl groups is 1. The summed E-state index contributed by atoms with van der Waals surface area (Å²) in [6.45, 7) is 6.52. The lowest BCUT2D eigenvalue weighted by Crippen LogP contribution is -2.59. The molecule has 3 fully saturated rings. The van der Waals surface area contributed by atoms with Gasteiger partial charge in [-0.25, -0.2) is 27.7 Å². The van der Waals surface area contributed by atoms with Crippen LogP contribution in [-0.4, -0.2) is 105 Å². The monoisotopic (exact) mass is 683 g/mol. The average molecular weight is 684 g/mol. The highest BCUT2D eigenvalue weighted by Crippen LogP contribution is 2.39. The Morgan fingerprint density at radius 1 is 1.04 bits per heavy atom. The number of aliphatic hydroxyl groups excluding tert-OH is 1. The summed E-state index contributed by atoms with van der Waals surface area (Å²) in [5, 5.41) is 10.1. The molecule has 3 aromatic rings. The van der Waals surface area contributed by atoms with Gasteiger partial charge in [-0.2, -0.15) is 0 Å². The summed E-state index contributed by atoms with van der Waals surface area (Å²) in [4.78, 5) is 36.7. The first kappa shape index (κ1) is 34.8. The molecule has 0 aliphatic carbocycles. The maximum absolute atomic E-state index is 15.8. The van der Waals surface area contributed by atoms with Crippen molar-refractivity contribution in [2.75, 3.05) is 45.9 Å². The number of likely N-dealkylation sites (tertiary alicyclic amines) is 2. The lowest BCUT2D eigenvalue weighted by atomic mass is 9.89. The number of nitrogens with zero attached hydrogens (tertiary/aromatic N) is 5. The summed E-state index contributed by atoms with van der Waals surface area (Å²) in [6, 6.07) is 11.7. The second-order valence-electron chi connectivity index (χ2n) is 14.3. The minimum absolute atomic E-state index is 0.0184. The SMILES string of the molecule is CC(C)(C)OC(=O)N1C[C@@H](CN(C(=O)N2CC(O)C2)[C@@H](c2nc(-c3cc(F)ccc3F)cn2Cc2ccccc2)C2CCOCC2)[C@@H](F)C1. The van der Waals surface area contributed by atoms with Crippen LogP contribution in [0.3, 0.4) is 0 Å². The molecule has 0 spiro atoms. The summed E-state index contributed by atoms with van der Waals surface area (Å²) in [7, 11) is 0. The molecule has 6 rings (SSSR count). The summed E-state index contributed by atoms with van der Waals surface area (Å²) in [5.74, 6) is -1.72. The zero-order chi connectivity index (χ0) is 34.9. The molecule has 3 atom stereocenters. The van der Waals surface area contributed by atoms with Gasteiger partial charge in [-0.15, -0.1) is 0 Å². The van der Waals surface area contributed by atoms with Gasteiger partial charge in [-0.05, 0) is 63.3 Å². The van der Waals surface area contributed by atoms with Gasteiger partial charge in [0.1, 0.15) is 29.2 Å². The normalized spacial score (nSPS) is 21.0. The van der Waals surface area contributed by atoms with Crippen LogP contribution >= 0.6 is 0 Å². The van der Waals surface area contributed by atoms with Crippen LogP contribution in [0.2, 0.25) is 0 Å². The van der Waals surface area contributed by atoms with E-state index in [9.17, 15) is 19.1 Å². The molecule has 264 valence electrons. The number of benzene rings is 2. The Morgan fingerprint density at radius 3 is 2.43 bits per heavy atom. The molecular formula is C36H44F3N5O5. The number of urea groups is 1. The fourth-order valence-corrected chi connectivity index (χ4v) is 6.87. The van der Waals surface area contributed by atoms with Crippen molar-refractivity contribution in [1.29, 1.82) is 0 Å². The number of hydrogen-bond acceptors (Lipinski definition) is 6. The number of hydrogen-bond donors (Lipinski definition) is 1. The number of imidazole rings is 1. The molecule has 3 saturated heterocycles. The van der Waals surface area contributed by atoms with Crippen molar-refractivity contribution in [1.82, 2.24) is 24.3 Å². The van der Waals surface area contributed by atoms with Gasteiger partial charge >= 0.3 is 12.1 Å². The first-order valence-corrected chi connectivity index (χ1v) is 16.9. The van der Waals surface area contributed by atoms with E-state index in [0.29, 0.717) is 38.4 Å². The topological polar surface area (TPSA) is 100 Å². The van der Waals surface area contributed by atoms with Gasteiger partial charge in [0.15, 0.2) is 0 Å². The van der Waals surface area contributed by atoms with Gasteiger partial charge in [0.2, 0.25) is 0 Å². The number of carbonyl (C=O) groups excluding carboxylic acids is 2. The standard InChI is InChI=1S/C36H44F3N5O5/c1-36(2,3)49-35(47)43-17-25(30(39)21-43)18-44(34(46)42-19-27(45)20-42)32(24-11-13-48-14-12-24)33-40-31(28-15-26(37)9-10-29(28)38)22-41(33)16-23-7-5-4-6-8-23/h4-10,15,22,24-25,27,30,32,45H,11-14,16-21H2,1-3H3/t25-,30-,32+/m0/s1. The van der Waals surface area contributed by atoms with Crippen molar-refractivity contribution in [2.45, 2.75) is 64.1 Å². The number of aromatic nitrogens is 2. The van der Waals surface area contributed by atoms with E-state index in [1.807, 2.05) is 34.9 Å². The third-order valence-electron chi connectivity index (χ3n) is 9.34. The van der Waals surface area contributed by atoms with Crippen molar-refractivity contribution in [3.8, 4) is 11.3 Å². The Hall–Kier alpha value is -4.10. The van der Waals surface area contributed by atoms with Gasteiger partial charge in [0.25, 0.3) is 0 Å². The zero-order valence-electron chi connectivity index (χ0n) is 28.1. The van der Waals surface area contributed by atoms with Crippen LogP contribution in [0.5, 0.6) is 0 Å². The van der Waals surface area contributed by atoms with Crippen molar-refractivity contribution in [2.24, 2.45) is 11.8 Å². The van der Waals surface area contributed by atoms with Crippen molar-refractivity contribution in [3.63, 3.8) is 0 Å². The minimum atomic E-state index is -1.43. The Bertz CT molecular complexity index is 1620. The Kier molecular flexibility index (Phi) is 10.2. The van der Waals surface area contributed by atoms with E-state index in [1.165, 1.54) is 9.80 Å². The van der Waals surface area contributed by atoms with Crippen LogP contribution in [0.25, 0.3) is 11.3 Å². The van der Waals surface area contributed by atoms with E-state index in [1.54, 1.807) is 31.9 Å². The highest BCUT2D eigenvalue weighted by atomic mass is 19.1. The van der Waals surface area contributed by atoms with Gasteiger partial charge in [0, 0.05) is 50.5 Å². The molecule has 13 heteroatoms. The fourth-order valence-electron chi connectivity index (χ4n) is 6.87. The van der Waals surface area contributed by atoms with E-state index in [2.05, 4.69) is 0 Å². The first-order valence-electron chi connectivity index (χ1n) is 16.9. The van der Waals surface area contributed by atoms with Crippen molar-refractivity contribution < 1.29 is 37.3 Å². The van der Waals surface area contributed by atoms with Crippen LogP contribution in [0.1, 0.15) is 51.0 Å². The molecule has 3 aliphatic rings. The summed E-state index contributed by atoms with van der Waals surface area (Å²) in [6.07, 6.45) is 0.0985. The molecule has 49 heavy (non-hydrogen) atoms. The molecule has 0 radical (unpaired) electrons. The lowest BCUT2D eigenvalue weighted by Gasteiger charge is -2.45. The largest absolute Gasteiger partial charge is 0.444 e. The van der Waals surface area contributed by atoms with Gasteiger partial charge in [-0.1, -0.05) is 30.3 Å². The molecule has 2 aromatic carbocycles. The molecule has 3 aliphatic heterocycles. The van der Waals surface area contributed by atoms with Crippen molar-refractivity contribution >= 4 is 12.1 Å². The van der Waals surface area contributed by atoms with Gasteiger partial charge < -0.3 is 33.8 Å². The molecule has 0 saturated carbocycles. The zero-order valence-corrected chi connectivity index (χ0v) is 28.1. The third-order valence-corrected chi connectivity index (χ3v) is 9.34. The first-order chi connectivity index (χ1) is 23.4. The predicted molar refractivity (Wildman–Crippen MR) is 175 cm³/mol. The number of rotatable bonds is 8. The highest BCUT2D eigenvalue weighted by molar-refractivity contribution is 5.76. The van der Waals surface area contributed by atoms with Crippen LogP contribution < -0.4 is 0 Å². The second kappa shape index (κ2) is 14.4. The summed E-state index contributed by atoms with van der Waals surface area (Å²) in [5.41, 5.74) is 0.348. The van der Waals surface area contributed by atoms with Crippen LogP contribution in [0.4, 0.5) is 22.8 Å². The number of alkyl halides is 1. The summed E-state index contributed by atoms with van der Waals surface area (Å²) >= 11 is 0. The second-order valence-corrected chi connectivity index (χ2v) is 14.3. The number of β-amino-alcohol motifs (C(OH)–C–C–N with tert-alkyl or cyclic N) is 1. The third kappa shape index (κ3) is 8.04. The van der Waals surface area contributed by atoms with Crippen LogP contribution in [0, 0.1) is 23.5 Å². The van der Waals surface area contributed by atoms with Gasteiger partial charge in [0.05, 0.1) is 37.5 Å². The number of ether oxygens (including phenoxy) is 2. The van der Waals surface area contributed by atoms with Crippen LogP contribution in [-0.2, 0) is 16.0 Å². The quantitative estimate of drug-likeness (QED) is 0.330. The maximum atomic E-state index is 15.8. The molecule has 1 aromatic heterocycles. The molecule has 3 amide bonds.